The van der Waals surface area contributed by atoms with E-state index in [1.807, 2.05) is 13.1 Å². The number of nitrogens with zero attached hydrogens (tertiary/aromatic N) is 3. The number of aliphatic imine (C=N–C) groups is 1. The van der Waals surface area contributed by atoms with Gasteiger partial charge in [-0.2, -0.15) is 0 Å². The lowest BCUT2D eigenvalue weighted by molar-refractivity contribution is 0.170. The van der Waals surface area contributed by atoms with Crippen molar-refractivity contribution >= 4 is 5.96 Å². The Balaban J connectivity index is 1.51. The minimum Gasteiger partial charge on any atom is -0.493 e. The first-order chi connectivity index (χ1) is 14.2. The molecule has 2 aliphatic rings. The van der Waals surface area contributed by atoms with E-state index in [0.717, 1.165) is 62.5 Å². The minimum absolute atomic E-state index is 0.655. The summed E-state index contributed by atoms with van der Waals surface area (Å²) in [5, 5.41) is 3.54. The third-order valence-corrected chi connectivity index (χ3v) is 5.83. The first-order valence-electron chi connectivity index (χ1n) is 10.7. The van der Waals surface area contributed by atoms with Crippen molar-refractivity contribution in [3.63, 3.8) is 0 Å². The van der Waals surface area contributed by atoms with E-state index in [-0.39, 0.29) is 0 Å². The Kier molecular flexibility index (Phi) is 7.86. The van der Waals surface area contributed by atoms with Crippen LogP contribution in [-0.4, -0.2) is 76.9 Å². The smallest absolute Gasteiger partial charge is 0.203 e. The number of methoxy groups -OCH3 is 3. The maximum Gasteiger partial charge on any atom is 0.203 e. The number of guanidine groups is 1. The molecule has 29 heavy (non-hydrogen) atoms. The summed E-state index contributed by atoms with van der Waals surface area (Å²) >= 11 is 0. The summed E-state index contributed by atoms with van der Waals surface area (Å²) in [6, 6.07) is 4.01. The molecule has 7 nitrogen and oxygen atoms in total. The minimum atomic E-state index is 0.655. The molecule has 1 aliphatic heterocycles. The van der Waals surface area contributed by atoms with Crippen molar-refractivity contribution in [1.82, 2.24) is 15.1 Å². The number of ether oxygens (including phenoxy) is 3. The monoisotopic (exact) mass is 404 g/mol. The number of nitrogens with one attached hydrogen (secondary N) is 1. The fraction of sp³-hybridized carbons (Fsp3) is 0.682. The van der Waals surface area contributed by atoms with Crippen molar-refractivity contribution in [1.29, 1.82) is 0 Å². The van der Waals surface area contributed by atoms with Crippen LogP contribution >= 0.6 is 0 Å². The molecule has 1 aromatic rings. The van der Waals surface area contributed by atoms with E-state index >= 15 is 0 Å². The van der Waals surface area contributed by atoms with Crippen LogP contribution < -0.4 is 19.5 Å². The lowest BCUT2D eigenvalue weighted by Gasteiger charge is -2.36. The Morgan fingerprint density at radius 3 is 2.34 bits per heavy atom. The first kappa shape index (κ1) is 21.6. The van der Waals surface area contributed by atoms with Gasteiger partial charge in [-0.3, -0.25) is 9.89 Å². The van der Waals surface area contributed by atoms with E-state index in [4.69, 9.17) is 14.2 Å². The third kappa shape index (κ3) is 5.69. The van der Waals surface area contributed by atoms with Crippen LogP contribution in [0.25, 0.3) is 0 Å². The number of piperazine rings is 1. The van der Waals surface area contributed by atoms with Crippen molar-refractivity contribution in [2.24, 2.45) is 10.9 Å². The van der Waals surface area contributed by atoms with Gasteiger partial charge in [-0.15, -0.1) is 0 Å². The molecule has 0 atom stereocenters. The number of hydrogen-bond acceptors (Lipinski definition) is 5. The Labute approximate surface area is 175 Å². The van der Waals surface area contributed by atoms with E-state index in [9.17, 15) is 0 Å². The molecule has 3 rings (SSSR count). The highest BCUT2D eigenvalue weighted by Gasteiger charge is 2.23. The Morgan fingerprint density at radius 1 is 1.03 bits per heavy atom. The van der Waals surface area contributed by atoms with Crippen LogP contribution in [-0.2, 0) is 6.54 Å². The SMILES string of the molecule is CN=C(NCCCC1CC1)N1CCN(Cc2ccc(OC)c(OC)c2OC)CC1. The molecule has 0 unspecified atom stereocenters. The second-order valence-electron chi connectivity index (χ2n) is 7.82. The van der Waals surface area contributed by atoms with Crippen LogP contribution in [0.1, 0.15) is 31.2 Å². The standard InChI is InChI=1S/C22H36N4O3/c1-23-22(24-11-5-6-17-7-8-17)26-14-12-25(13-15-26)16-18-9-10-19(27-2)21(29-4)20(18)28-3/h9-10,17H,5-8,11-16H2,1-4H3,(H,23,24). The molecule has 1 N–H and O–H groups in total. The van der Waals surface area contributed by atoms with Crippen molar-refractivity contribution in [2.75, 3.05) is 61.1 Å². The largest absolute Gasteiger partial charge is 0.493 e. The van der Waals surface area contributed by atoms with Gasteiger partial charge < -0.3 is 24.4 Å². The molecule has 2 fully saturated rings. The highest BCUT2D eigenvalue weighted by molar-refractivity contribution is 5.80. The van der Waals surface area contributed by atoms with Crippen molar-refractivity contribution in [3.05, 3.63) is 17.7 Å². The molecular formula is C22H36N4O3. The Bertz CT molecular complexity index is 683. The van der Waals surface area contributed by atoms with Gasteiger partial charge >= 0.3 is 0 Å². The highest BCUT2D eigenvalue weighted by Crippen LogP contribution is 2.40. The summed E-state index contributed by atoms with van der Waals surface area (Å²) in [5.41, 5.74) is 1.11. The molecule has 7 heteroatoms. The van der Waals surface area contributed by atoms with Gasteiger partial charge in [0, 0.05) is 51.9 Å². The summed E-state index contributed by atoms with van der Waals surface area (Å²) in [6.07, 6.45) is 5.46. The third-order valence-electron chi connectivity index (χ3n) is 5.83. The predicted octanol–water partition coefficient (Wildman–Crippen LogP) is 2.60. The number of benzene rings is 1. The zero-order chi connectivity index (χ0) is 20.6. The molecular weight excluding hydrogens is 368 g/mol. The summed E-state index contributed by atoms with van der Waals surface area (Å²) in [5.74, 6) is 4.12. The maximum atomic E-state index is 5.63. The Hall–Kier alpha value is -2.15. The van der Waals surface area contributed by atoms with Crippen molar-refractivity contribution in [2.45, 2.75) is 32.2 Å². The van der Waals surface area contributed by atoms with Gasteiger partial charge in [0.05, 0.1) is 21.3 Å². The van der Waals surface area contributed by atoms with E-state index < -0.39 is 0 Å². The average Bonchev–Trinajstić information content (AvgIpc) is 3.58. The van der Waals surface area contributed by atoms with Crippen LogP contribution in [0.5, 0.6) is 17.2 Å². The molecule has 1 heterocycles. The molecule has 1 saturated carbocycles. The topological polar surface area (TPSA) is 58.6 Å². The van der Waals surface area contributed by atoms with Crippen molar-refractivity contribution in [3.8, 4) is 17.2 Å². The molecule has 0 spiro atoms. The van der Waals surface area contributed by atoms with Gasteiger partial charge in [0.2, 0.25) is 5.75 Å². The molecule has 0 radical (unpaired) electrons. The number of rotatable bonds is 9. The van der Waals surface area contributed by atoms with E-state index in [1.165, 1.54) is 25.7 Å². The van der Waals surface area contributed by atoms with E-state index in [2.05, 4.69) is 26.2 Å². The van der Waals surface area contributed by atoms with Gasteiger partial charge in [0.25, 0.3) is 0 Å². The summed E-state index contributed by atoms with van der Waals surface area (Å²) in [6.45, 7) is 5.76. The zero-order valence-electron chi connectivity index (χ0n) is 18.4. The van der Waals surface area contributed by atoms with E-state index in [1.54, 1.807) is 21.3 Å². The van der Waals surface area contributed by atoms with Gasteiger partial charge in [0.15, 0.2) is 17.5 Å². The normalized spacial score (nSPS) is 17.9. The second kappa shape index (κ2) is 10.6. The van der Waals surface area contributed by atoms with Crippen molar-refractivity contribution < 1.29 is 14.2 Å². The summed E-state index contributed by atoms with van der Waals surface area (Å²) in [4.78, 5) is 9.29. The van der Waals surface area contributed by atoms with E-state index in [0.29, 0.717) is 11.5 Å². The fourth-order valence-corrected chi connectivity index (χ4v) is 3.98. The highest BCUT2D eigenvalue weighted by atomic mass is 16.5. The fourth-order valence-electron chi connectivity index (χ4n) is 3.98. The molecule has 0 aromatic heterocycles. The predicted molar refractivity (Wildman–Crippen MR) is 116 cm³/mol. The van der Waals surface area contributed by atoms with Gasteiger partial charge in [-0.05, 0) is 24.8 Å². The molecule has 162 valence electrons. The molecule has 0 amide bonds. The summed E-state index contributed by atoms with van der Waals surface area (Å²) < 4.78 is 16.5. The zero-order valence-corrected chi connectivity index (χ0v) is 18.4. The van der Waals surface area contributed by atoms with Crippen LogP contribution in [0.2, 0.25) is 0 Å². The maximum absolute atomic E-state index is 5.63. The molecule has 1 aromatic carbocycles. The molecule has 0 bridgehead atoms. The molecule has 1 aliphatic carbocycles. The number of hydrogen-bond donors (Lipinski definition) is 1. The Morgan fingerprint density at radius 2 is 1.76 bits per heavy atom. The van der Waals surface area contributed by atoms with Gasteiger partial charge in [-0.1, -0.05) is 18.9 Å². The van der Waals surface area contributed by atoms with Crippen LogP contribution in [0, 0.1) is 5.92 Å². The lowest BCUT2D eigenvalue weighted by atomic mass is 10.1. The molecule has 1 saturated heterocycles. The van der Waals surface area contributed by atoms with Crippen LogP contribution in [0.3, 0.4) is 0 Å². The van der Waals surface area contributed by atoms with Gasteiger partial charge in [-0.25, -0.2) is 0 Å². The second-order valence-corrected chi connectivity index (χ2v) is 7.82. The average molecular weight is 405 g/mol. The first-order valence-corrected chi connectivity index (χ1v) is 10.7. The quantitative estimate of drug-likeness (QED) is 0.388. The van der Waals surface area contributed by atoms with Gasteiger partial charge in [0.1, 0.15) is 0 Å². The lowest BCUT2D eigenvalue weighted by Crippen LogP contribution is -2.52. The van der Waals surface area contributed by atoms with Crippen LogP contribution in [0.4, 0.5) is 0 Å². The summed E-state index contributed by atoms with van der Waals surface area (Å²) in [7, 11) is 6.84. The van der Waals surface area contributed by atoms with Crippen LogP contribution in [0.15, 0.2) is 17.1 Å².